The summed E-state index contributed by atoms with van der Waals surface area (Å²) in [6.07, 6.45) is 5.97. The van der Waals surface area contributed by atoms with Crippen LogP contribution in [0, 0.1) is 5.92 Å². The number of benzene rings is 1. The average Bonchev–Trinajstić information content (AvgIpc) is 2.54. The quantitative estimate of drug-likeness (QED) is 0.423. The normalized spacial score (nSPS) is 12.8. The number of hydrogen-bond donors (Lipinski definition) is 1. The lowest BCUT2D eigenvalue weighted by Crippen LogP contribution is -2.16. The van der Waals surface area contributed by atoms with Crippen LogP contribution in [0.15, 0.2) is 30.0 Å². The summed E-state index contributed by atoms with van der Waals surface area (Å²) in [5.41, 5.74) is 0.768. The largest absolute Gasteiger partial charge is 0.508 e. The number of ether oxygens (including phenoxy) is 2. The van der Waals surface area contributed by atoms with Gasteiger partial charge >= 0.3 is 5.97 Å². The summed E-state index contributed by atoms with van der Waals surface area (Å²) in [6, 6.07) is 6.53. The zero-order valence-electron chi connectivity index (χ0n) is 13.7. The molecule has 122 valence electrons. The van der Waals surface area contributed by atoms with Crippen LogP contribution >= 0.6 is 0 Å². The van der Waals surface area contributed by atoms with Crippen molar-refractivity contribution in [3.05, 3.63) is 35.6 Å². The van der Waals surface area contributed by atoms with Crippen LogP contribution in [0.5, 0.6) is 5.75 Å². The molecule has 0 spiro atoms. The summed E-state index contributed by atoms with van der Waals surface area (Å²) < 4.78 is 10.5. The fourth-order valence-corrected chi connectivity index (χ4v) is 2.09. The van der Waals surface area contributed by atoms with E-state index in [1.807, 2.05) is 0 Å². The maximum atomic E-state index is 12.1. The lowest BCUT2D eigenvalue weighted by atomic mass is 10.0. The molecular weight excluding hydrogens is 280 g/mol. The van der Waals surface area contributed by atoms with Gasteiger partial charge in [-0.05, 0) is 36.1 Å². The van der Waals surface area contributed by atoms with Gasteiger partial charge in [0.25, 0.3) is 0 Å². The molecule has 0 bridgehead atoms. The van der Waals surface area contributed by atoms with E-state index in [1.165, 1.54) is 7.11 Å². The maximum absolute atomic E-state index is 12.1. The topological polar surface area (TPSA) is 55.8 Å². The fourth-order valence-electron chi connectivity index (χ4n) is 2.09. The molecule has 4 nitrogen and oxygen atoms in total. The average molecular weight is 306 g/mol. The molecule has 22 heavy (non-hydrogen) atoms. The van der Waals surface area contributed by atoms with Crippen molar-refractivity contribution in [1.29, 1.82) is 0 Å². The SMILES string of the molecule is CCCCC(CC)COC(=O)C(=Cc1ccc(O)cc1)OC. The van der Waals surface area contributed by atoms with Crippen molar-refractivity contribution >= 4 is 12.0 Å². The fraction of sp³-hybridized carbons (Fsp3) is 0.500. The molecule has 0 fully saturated rings. The number of methoxy groups -OCH3 is 1. The Labute approximate surface area is 132 Å². The van der Waals surface area contributed by atoms with Crippen molar-refractivity contribution < 1.29 is 19.4 Å². The first-order valence-electron chi connectivity index (χ1n) is 7.82. The Bertz CT molecular complexity index is 476. The van der Waals surface area contributed by atoms with Gasteiger partial charge in [-0.1, -0.05) is 45.2 Å². The second kappa shape index (κ2) is 9.87. The second-order valence-electron chi connectivity index (χ2n) is 5.32. The van der Waals surface area contributed by atoms with Gasteiger partial charge in [0.05, 0.1) is 13.7 Å². The van der Waals surface area contributed by atoms with E-state index >= 15 is 0 Å². The van der Waals surface area contributed by atoms with E-state index in [0.717, 1.165) is 31.2 Å². The molecule has 1 rings (SSSR count). The predicted octanol–water partition coefficient (Wildman–Crippen LogP) is 4.14. The standard InChI is InChI=1S/C18H26O4/c1-4-6-7-14(5-2)13-22-18(20)17(21-3)12-15-8-10-16(19)11-9-15/h8-12,14,19H,4-7,13H2,1-3H3. The lowest BCUT2D eigenvalue weighted by molar-refractivity contribution is -0.143. The van der Waals surface area contributed by atoms with Crippen LogP contribution in [0.1, 0.15) is 45.1 Å². The van der Waals surface area contributed by atoms with Gasteiger partial charge in [-0.25, -0.2) is 4.79 Å². The van der Waals surface area contributed by atoms with Crippen LogP contribution in [-0.2, 0) is 14.3 Å². The maximum Gasteiger partial charge on any atom is 0.373 e. The van der Waals surface area contributed by atoms with Gasteiger partial charge in [0.1, 0.15) is 5.75 Å². The van der Waals surface area contributed by atoms with E-state index in [4.69, 9.17) is 9.47 Å². The number of carbonyl (C=O) groups is 1. The van der Waals surface area contributed by atoms with E-state index in [2.05, 4.69) is 13.8 Å². The van der Waals surface area contributed by atoms with E-state index in [9.17, 15) is 9.90 Å². The van der Waals surface area contributed by atoms with Crippen molar-refractivity contribution in [1.82, 2.24) is 0 Å². The number of phenolic OH excluding ortho intramolecular Hbond substituents is 1. The van der Waals surface area contributed by atoms with Crippen molar-refractivity contribution in [3.8, 4) is 5.75 Å². The molecule has 1 aromatic rings. The summed E-state index contributed by atoms with van der Waals surface area (Å²) in [7, 11) is 1.45. The Morgan fingerprint density at radius 1 is 1.27 bits per heavy atom. The third-order valence-corrected chi connectivity index (χ3v) is 3.61. The molecule has 1 N–H and O–H groups in total. The van der Waals surface area contributed by atoms with E-state index in [1.54, 1.807) is 30.3 Å². The number of aromatic hydroxyl groups is 1. The summed E-state index contributed by atoms with van der Waals surface area (Å²) in [5, 5.41) is 9.26. The molecule has 0 radical (unpaired) electrons. The molecule has 0 aliphatic rings. The minimum Gasteiger partial charge on any atom is -0.508 e. The van der Waals surface area contributed by atoms with Crippen LogP contribution in [0.4, 0.5) is 0 Å². The first-order chi connectivity index (χ1) is 10.6. The highest BCUT2D eigenvalue weighted by atomic mass is 16.6. The van der Waals surface area contributed by atoms with Gasteiger partial charge in [-0.2, -0.15) is 0 Å². The van der Waals surface area contributed by atoms with E-state index in [0.29, 0.717) is 12.5 Å². The Morgan fingerprint density at radius 2 is 1.95 bits per heavy atom. The van der Waals surface area contributed by atoms with Crippen molar-refractivity contribution in [2.24, 2.45) is 5.92 Å². The highest BCUT2D eigenvalue weighted by Gasteiger charge is 2.15. The Kier molecular flexibility index (Phi) is 8.11. The number of carbonyl (C=O) groups excluding carboxylic acids is 1. The minimum atomic E-state index is -0.453. The van der Waals surface area contributed by atoms with Gasteiger partial charge < -0.3 is 14.6 Å². The zero-order valence-corrected chi connectivity index (χ0v) is 13.7. The smallest absolute Gasteiger partial charge is 0.373 e. The van der Waals surface area contributed by atoms with Gasteiger partial charge in [0.15, 0.2) is 0 Å². The van der Waals surface area contributed by atoms with Gasteiger partial charge in [-0.3, -0.25) is 0 Å². The van der Waals surface area contributed by atoms with Crippen LogP contribution in [-0.4, -0.2) is 24.8 Å². The predicted molar refractivity (Wildman–Crippen MR) is 87.4 cm³/mol. The molecule has 0 aliphatic carbocycles. The molecule has 0 aliphatic heterocycles. The van der Waals surface area contributed by atoms with Crippen LogP contribution in [0.25, 0.3) is 6.08 Å². The molecule has 0 aromatic heterocycles. The summed E-state index contributed by atoms with van der Waals surface area (Å²) in [4.78, 5) is 12.1. The molecule has 0 saturated carbocycles. The van der Waals surface area contributed by atoms with Crippen LogP contribution in [0.3, 0.4) is 0 Å². The Morgan fingerprint density at radius 3 is 2.50 bits per heavy atom. The molecule has 0 amide bonds. The number of unbranched alkanes of at least 4 members (excludes halogenated alkanes) is 1. The number of esters is 1. The second-order valence-corrected chi connectivity index (χ2v) is 5.32. The zero-order chi connectivity index (χ0) is 16.4. The lowest BCUT2D eigenvalue weighted by Gasteiger charge is -2.15. The molecule has 1 unspecified atom stereocenters. The van der Waals surface area contributed by atoms with E-state index in [-0.39, 0.29) is 11.5 Å². The molecule has 0 saturated heterocycles. The highest BCUT2D eigenvalue weighted by molar-refractivity contribution is 5.91. The third kappa shape index (κ3) is 6.20. The Balaban J connectivity index is 2.62. The number of phenols is 1. The molecule has 1 atom stereocenters. The van der Waals surface area contributed by atoms with Crippen molar-refractivity contribution in [2.45, 2.75) is 39.5 Å². The molecule has 1 aromatic carbocycles. The molecule has 4 heteroatoms. The van der Waals surface area contributed by atoms with Gasteiger partial charge in [0, 0.05) is 0 Å². The molecule has 0 heterocycles. The third-order valence-electron chi connectivity index (χ3n) is 3.61. The minimum absolute atomic E-state index is 0.163. The summed E-state index contributed by atoms with van der Waals surface area (Å²) in [5.74, 6) is 0.289. The molecular formula is C18H26O4. The summed E-state index contributed by atoms with van der Waals surface area (Å²) in [6.45, 7) is 4.69. The van der Waals surface area contributed by atoms with Crippen molar-refractivity contribution in [3.63, 3.8) is 0 Å². The van der Waals surface area contributed by atoms with Crippen LogP contribution < -0.4 is 0 Å². The highest BCUT2D eigenvalue weighted by Crippen LogP contribution is 2.16. The van der Waals surface area contributed by atoms with Gasteiger partial charge in [0.2, 0.25) is 5.76 Å². The number of rotatable bonds is 9. The number of hydrogen-bond acceptors (Lipinski definition) is 4. The van der Waals surface area contributed by atoms with Crippen LogP contribution in [0.2, 0.25) is 0 Å². The van der Waals surface area contributed by atoms with Crippen molar-refractivity contribution in [2.75, 3.05) is 13.7 Å². The first kappa shape index (κ1) is 18.1. The summed E-state index contributed by atoms with van der Waals surface area (Å²) >= 11 is 0. The Hall–Kier alpha value is -1.97. The van der Waals surface area contributed by atoms with E-state index < -0.39 is 5.97 Å². The van der Waals surface area contributed by atoms with Gasteiger partial charge in [-0.15, -0.1) is 0 Å². The first-order valence-corrected chi connectivity index (χ1v) is 7.82. The monoisotopic (exact) mass is 306 g/mol.